The van der Waals surface area contributed by atoms with E-state index in [0.717, 1.165) is 24.7 Å². The Balaban J connectivity index is 1.72. The van der Waals surface area contributed by atoms with E-state index in [4.69, 9.17) is 4.74 Å². The van der Waals surface area contributed by atoms with Crippen LogP contribution in [0.5, 0.6) is 0 Å². The summed E-state index contributed by atoms with van der Waals surface area (Å²) in [6.07, 6.45) is 3.59. The molecule has 5 heteroatoms. The molecule has 0 aliphatic heterocycles. The summed E-state index contributed by atoms with van der Waals surface area (Å²) >= 11 is 1.69. The monoisotopic (exact) mass is 213 g/mol. The van der Waals surface area contributed by atoms with Crippen LogP contribution < -0.4 is 5.32 Å². The first-order valence-corrected chi connectivity index (χ1v) is 5.78. The molecule has 78 valence electrons. The van der Waals surface area contributed by atoms with Crippen molar-refractivity contribution in [2.75, 3.05) is 25.6 Å². The SMILES string of the molecule is COCCCNc1nnc(C2CC2)s1. The molecule has 0 amide bonds. The Labute approximate surface area is 87.7 Å². The minimum Gasteiger partial charge on any atom is -0.385 e. The van der Waals surface area contributed by atoms with Crippen LogP contribution in [0.1, 0.15) is 30.2 Å². The summed E-state index contributed by atoms with van der Waals surface area (Å²) in [6.45, 7) is 1.70. The van der Waals surface area contributed by atoms with Crippen molar-refractivity contribution >= 4 is 16.5 Å². The standard InChI is InChI=1S/C9H15N3OS/c1-13-6-2-5-10-9-12-11-8(14-9)7-3-4-7/h7H,2-6H2,1H3,(H,10,12). The molecule has 1 heterocycles. The average Bonchev–Trinajstić information content (AvgIpc) is 2.94. The van der Waals surface area contributed by atoms with Gasteiger partial charge >= 0.3 is 0 Å². The largest absolute Gasteiger partial charge is 0.385 e. The lowest BCUT2D eigenvalue weighted by Crippen LogP contribution is -2.04. The Hall–Kier alpha value is -0.680. The molecule has 1 aliphatic rings. The van der Waals surface area contributed by atoms with Gasteiger partial charge in [-0.25, -0.2) is 0 Å². The lowest BCUT2D eigenvalue weighted by atomic mass is 10.4. The Morgan fingerprint density at radius 3 is 3.07 bits per heavy atom. The predicted molar refractivity (Wildman–Crippen MR) is 56.9 cm³/mol. The molecule has 1 aromatic heterocycles. The Bertz CT molecular complexity index is 285. The number of hydrogen-bond acceptors (Lipinski definition) is 5. The predicted octanol–water partition coefficient (Wildman–Crippen LogP) is 1.86. The Kier molecular flexibility index (Phi) is 3.31. The van der Waals surface area contributed by atoms with Crippen molar-refractivity contribution in [3.8, 4) is 0 Å². The van der Waals surface area contributed by atoms with E-state index in [-0.39, 0.29) is 0 Å². The van der Waals surface area contributed by atoms with Crippen LogP contribution >= 0.6 is 11.3 Å². The van der Waals surface area contributed by atoms with E-state index in [1.807, 2.05) is 0 Å². The van der Waals surface area contributed by atoms with Gasteiger partial charge in [-0.1, -0.05) is 11.3 Å². The Morgan fingerprint density at radius 2 is 2.36 bits per heavy atom. The molecule has 1 aromatic rings. The van der Waals surface area contributed by atoms with Gasteiger partial charge in [0.15, 0.2) is 0 Å². The molecule has 1 saturated carbocycles. The quantitative estimate of drug-likeness (QED) is 0.733. The summed E-state index contributed by atoms with van der Waals surface area (Å²) < 4.78 is 4.96. The number of hydrogen-bond donors (Lipinski definition) is 1. The van der Waals surface area contributed by atoms with Crippen LogP contribution in [0.15, 0.2) is 0 Å². The smallest absolute Gasteiger partial charge is 0.205 e. The highest BCUT2D eigenvalue weighted by molar-refractivity contribution is 7.15. The third-order valence-corrected chi connectivity index (χ3v) is 3.21. The molecule has 0 aromatic carbocycles. The lowest BCUT2D eigenvalue weighted by molar-refractivity contribution is 0.198. The number of ether oxygens (including phenoxy) is 1. The van der Waals surface area contributed by atoms with Gasteiger partial charge in [0, 0.05) is 26.2 Å². The molecule has 2 rings (SSSR count). The summed E-state index contributed by atoms with van der Waals surface area (Å²) in [4.78, 5) is 0. The summed E-state index contributed by atoms with van der Waals surface area (Å²) in [5, 5.41) is 13.6. The Morgan fingerprint density at radius 1 is 1.50 bits per heavy atom. The van der Waals surface area contributed by atoms with Gasteiger partial charge in [-0.15, -0.1) is 10.2 Å². The molecule has 0 saturated heterocycles. The van der Waals surface area contributed by atoms with E-state index in [0.29, 0.717) is 5.92 Å². The van der Waals surface area contributed by atoms with Gasteiger partial charge < -0.3 is 10.1 Å². The van der Waals surface area contributed by atoms with Crippen molar-refractivity contribution in [2.24, 2.45) is 0 Å². The zero-order valence-electron chi connectivity index (χ0n) is 8.32. The molecule has 1 aliphatic carbocycles. The molecule has 0 radical (unpaired) electrons. The van der Waals surface area contributed by atoms with Gasteiger partial charge in [0.1, 0.15) is 5.01 Å². The fourth-order valence-corrected chi connectivity index (χ4v) is 2.15. The second-order valence-corrected chi connectivity index (χ2v) is 4.50. The lowest BCUT2D eigenvalue weighted by Gasteiger charge is -1.99. The van der Waals surface area contributed by atoms with Crippen molar-refractivity contribution in [2.45, 2.75) is 25.2 Å². The fraction of sp³-hybridized carbons (Fsp3) is 0.778. The van der Waals surface area contributed by atoms with Crippen molar-refractivity contribution in [1.82, 2.24) is 10.2 Å². The van der Waals surface area contributed by atoms with Gasteiger partial charge in [0.25, 0.3) is 0 Å². The summed E-state index contributed by atoms with van der Waals surface area (Å²) in [5.74, 6) is 0.710. The van der Waals surface area contributed by atoms with Gasteiger partial charge in [0.2, 0.25) is 5.13 Å². The maximum absolute atomic E-state index is 4.96. The second kappa shape index (κ2) is 4.70. The minimum atomic E-state index is 0.710. The van der Waals surface area contributed by atoms with Crippen LogP contribution in [-0.2, 0) is 4.74 Å². The average molecular weight is 213 g/mol. The fourth-order valence-electron chi connectivity index (χ4n) is 1.21. The molecule has 1 N–H and O–H groups in total. The van der Waals surface area contributed by atoms with Crippen molar-refractivity contribution in [1.29, 1.82) is 0 Å². The molecule has 0 spiro atoms. The van der Waals surface area contributed by atoms with E-state index in [1.54, 1.807) is 18.4 Å². The van der Waals surface area contributed by atoms with Crippen LogP contribution in [-0.4, -0.2) is 30.5 Å². The van der Waals surface area contributed by atoms with E-state index in [9.17, 15) is 0 Å². The van der Waals surface area contributed by atoms with E-state index in [1.165, 1.54) is 17.8 Å². The number of nitrogens with one attached hydrogen (secondary N) is 1. The van der Waals surface area contributed by atoms with Gasteiger partial charge in [-0.3, -0.25) is 0 Å². The molecule has 0 atom stereocenters. The van der Waals surface area contributed by atoms with E-state index < -0.39 is 0 Å². The molecule has 0 bridgehead atoms. The van der Waals surface area contributed by atoms with Crippen LogP contribution in [0.4, 0.5) is 5.13 Å². The second-order valence-electron chi connectivity index (χ2n) is 3.49. The topological polar surface area (TPSA) is 47.0 Å². The number of aromatic nitrogens is 2. The first kappa shape index (κ1) is 9.86. The maximum Gasteiger partial charge on any atom is 0.205 e. The maximum atomic E-state index is 4.96. The normalized spacial score (nSPS) is 15.8. The van der Waals surface area contributed by atoms with Crippen LogP contribution in [0, 0.1) is 0 Å². The highest BCUT2D eigenvalue weighted by atomic mass is 32.1. The van der Waals surface area contributed by atoms with Crippen molar-refractivity contribution in [3.63, 3.8) is 0 Å². The molecule has 1 fully saturated rings. The zero-order chi connectivity index (χ0) is 9.80. The molecule has 4 nitrogen and oxygen atoms in total. The third-order valence-electron chi connectivity index (χ3n) is 2.17. The van der Waals surface area contributed by atoms with E-state index in [2.05, 4.69) is 15.5 Å². The number of anilines is 1. The van der Waals surface area contributed by atoms with Gasteiger partial charge in [-0.05, 0) is 19.3 Å². The van der Waals surface area contributed by atoms with Crippen LogP contribution in [0.3, 0.4) is 0 Å². The summed E-state index contributed by atoms with van der Waals surface area (Å²) in [5.41, 5.74) is 0. The highest BCUT2D eigenvalue weighted by Gasteiger charge is 2.27. The van der Waals surface area contributed by atoms with Crippen LogP contribution in [0.25, 0.3) is 0 Å². The van der Waals surface area contributed by atoms with Gasteiger partial charge in [0.05, 0.1) is 0 Å². The summed E-state index contributed by atoms with van der Waals surface area (Å²) in [6, 6.07) is 0. The first-order chi connectivity index (χ1) is 6.90. The molecule has 14 heavy (non-hydrogen) atoms. The first-order valence-electron chi connectivity index (χ1n) is 4.96. The third kappa shape index (κ3) is 2.65. The van der Waals surface area contributed by atoms with Crippen molar-refractivity contribution in [3.05, 3.63) is 5.01 Å². The van der Waals surface area contributed by atoms with Crippen LogP contribution in [0.2, 0.25) is 0 Å². The molecular weight excluding hydrogens is 198 g/mol. The number of methoxy groups -OCH3 is 1. The highest BCUT2D eigenvalue weighted by Crippen LogP contribution is 2.41. The summed E-state index contributed by atoms with van der Waals surface area (Å²) in [7, 11) is 1.72. The number of rotatable bonds is 6. The van der Waals surface area contributed by atoms with Crippen molar-refractivity contribution < 1.29 is 4.74 Å². The molecular formula is C9H15N3OS. The molecule has 0 unspecified atom stereocenters. The zero-order valence-corrected chi connectivity index (χ0v) is 9.14. The van der Waals surface area contributed by atoms with E-state index >= 15 is 0 Å². The minimum absolute atomic E-state index is 0.710. The van der Waals surface area contributed by atoms with Gasteiger partial charge in [-0.2, -0.15) is 0 Å². The number of nitrogens with zero attached hydrogens (tertiary/aromatic N) is 2.